The first-order valence-electron chi connectivity index (χ1n) is 10.6. The molecule has 31 heavy (non-hydrogen) atoms. The van der Waals surface area contributed by atoms with Crippen LogP contribution in [0.2, 0.25) is 0 Å². The van der Waals surface area contributed by atoms with Gasteiger partial charge >= 0.3 is 184 Å². The third-order valence-electron chi connectivity index (χ3n) is 7.09. The molecule has 2 atom stereocenters. The Morgan fingerprint density at radius 3 is 1.39 bits per heavy atom. The van der Waals surface area contributed by atoms with Crippen LogP contribution < -0.4 is 24.8 Å². The minimum atomic E-state index is -0.841. The number of halogens is 2. The SMILES string of the molecule is [Cl-].[Cl-].c1ccc2c(c1)-c1cccc3c1[CH]2[Zr+2][CH]1c2ccccc2-c2cccc(c21)CC3. The van der Waals surface area contributed by atoms with Crippen molar-refractivity contribution in [3.8, 4) is 22.3 Å². The predicted octanol–water partition coefficient (Wildman–Crippen LogP) is 0.716. The molecule has 0 spiro atoms. The molecule has 4 aromatic rings. The number of benzene rings is 4. The molecule has 0 saturated heterocycles. The summed E-state index contributed by atoms with van der Waals surface area (Å²) in [6, 6.07) is 32.6. The molecule has 150 valence electrons. The number of rotatable bonds is 0. The second-order valence-corrected chi connectivity index (χ2v) is 12.1. The zero-order valence-electron chi connectivity index (χ0n) is 16.9. The van der Waals surface area contributed by atoms with Gasteiger partial charge in [0.05, 0.1) is 0 Å². The quantitative estimate of drug-likeness (QED) is 0.322. The van der Waals surface area contributed by atoms with Gasteiger partial charge in [-0.25, -0.2) is 0 Å². The van der Waals surface area contributed by atoms with Gasteiger partial charge in [-0.1, -0.05) is 0 Å². The molecule has 2 aliphatic carbocycles. The van der Waals surface area contributed by atoms with Crippen LogP contribution in [0.1, 0.15) is 40.6 Å². The van der Waals surface area contributed by atoms with E-state index in [0.29, 0.717) is 7.25 Å². The van der Waals surface area contributed by atoms with Crippen LogP contribution in [0.5, 0.6) is 0 Å². The first-order valence-corrected chi connectivity index (χ1v) is 13.4. The molecule has 0 fully saturated rings. The molecule has 0 nitrogen and oxygen atoms in total. The molecule has 0 bridgehead atoms. The number of hydrogen-bond acceptors (Lipinski definition) is 0. The van der Waals surface area contributed by atoms with E-state index in [2.05, 4.69) is 84.9 Å². The van der Waals surface area contributed by atoms with Crippen molar-refractivity contribution in [2.75, 3.05) is 0 Å². The molecular formula is C28H20Cl2Zr. The van der Waals surface area contributed by atoms with Crippen molar-refractivity contribution in [1.82, 2.24) is 0 Å². The van der Waals surface area contributed by atoms with Crippen molar-refractivity contribution in [3.63, 3.8) is 0 Å². The third kappa shape index (κ3) is 2.97. The Morgan fingerprint density at radius 2 is 0.903 bits per heavy atom. The van der Waals surface area contributed by atoms with Gasteiger partial charge in [-0.3, -0.25) is 0 Å². The van der Waals surface area contributed by atoms with Crippen LogP contribution in [-0.4, -0.2) is 0 Å². The number of aryl methyl sites for hydroxylation is 2. The van der Waals surface area contributed by atoms with Gasteiger partial charge in [0.25, 0.3) is 0 Å². The van der Waals surface area contributed by atoms with Gasteiger partial charge in [-0.2, -0.15) is 0 Å². The average molecular weight is 519 g/mol. The van der Waals surface area contributed by atoms with Crippen LogP contribution >= 0.6 is 0 Å². The number of hydrogen-bond donors (Lipinski definition) is 0. The van der Waals surface area contributed by atoms with Gasteiger partial charge in [-0.05, 0) is 0 Å². The summed E-state index contributed by atoms with van der Waals surface area (Å²) < 4.78 is 1.33. The maximum atomic E-state index is 2.41. The maximum absolute atomic E-state index is 2.41. The third-order valence-corrected chi connectivity index (χ3v) is 11.7. The van der Waals surface area contributed by atoms with E-state index in [1.807, 2.05) is 0 Å². The van der Waals surface area contributed by atoms with Crippen molar-refractivity contribution in [1.29, 1.82) is 0 Å². The molecule has 0 aromatic heterocycles. The molecule has 3 heteroatoms. The van der Waals surface area contributed by atoms with E-state index in [1.165, 1.54) is 22.3 Å². The van der Waals surface area contributed by atoms with Gasteiger partial charge in [0.15, 0.2) is 0 Å². The second-order valence-electron chi connectivity index (χ2n) is 8.46. The summed E-state index contributed by atoms with van der Waals surface area (Å²) in [6.07, 6.45) is 2.32. The minimum absolute atomic E-state index is 0. The van der Waals surface area contributed by atoms with E-state index in [0.717, 1.165) is 12.8 Å². The van der Waals surface area contributed by atoms with E-state index < -0.39 is 23.2 Å². The predicted molar refractivity (Wildman–Crippen MR) is 115 cm³/mol. The molecule has 0 saturated carbocycles. The molecular weight excluding hydrogens is 498 g/mol. The van der Waals surface area contributed by atoms with E-state index in [-0.39, 0.29) is 24.8 Å². The normalized spacial score (nSPS) is 18.2. The molecule has 0 radical (unpaired) electrons. The van der Waals surface area contributed by atoms with E-state index >= 15 is 0 Å². The summed E-state index contributed by atoms with van der Waals surface area (Å²) in [6.45, 7) is 0. The van der Waals surface area contributed by atoms with Gasteiger partial charge < -0.3 is 24.8 Å². The first-order chi connectivity index (χ1) is 14.4. The molecule has 0 amide bonds. The summed E-state index contributed by atoms with van der Waals surface area (Å²) >= 11 is -0.841. The van der Waals surface area contributed by atoms with Crippen molar-refractivity contribution in [3.05, 3.63) is 118 Å². The first kappa shape index (κ1) is 21.2. The van der Waals surface area contributed by atoms with Gasteiger partial charge in [0.2, 0.25) is 0 Å². The van der Waals surface area contributed by atoms with Crippen molar-refractivity contribution in [2.45, 2.75) is 20.1 Å². The van der Waals surface area contributed by atoms with Crippen molar-refractivity contribution < 1.29 is 48.0 Å². The Kier molecular flexibility index (Phi) is 5.50. The molecule has 7 rings (SSSR count). The van der Waals surface area contributed by atoms with Gasteiger partial charge in [0, 0.05) is 0 Å². The standard InChI is InChI=1S/C28H20.2ClH.Zr/c1-3-11-23-21(7-1)17-27-19(9-5-13-25(23)27)15-16-20-10-6-14-26-24-12-4-2-8-22(24)18-28(20)26;;;/h1-14,17-18H,15-16H2;2*1H;/q;;;+2/p-2. The fourth-order valence-corrected chi connectivity index (χ4v) is 11.3. The van der Waals surface area contributed by atoms with Crippen LogP contribution in [0.3, 0.4) is 0 Å². The fraction of sp³-hybridized carbons (Fsp3) is 0.143. The molecule has 1 aliphatic heterocycles. The Bertz CT molecular complexity index is 1210. The van der Waals surface area contributed by atoms with E-state index in [4.69, 9.17) is 0 Å². The Balaban J connectivity index is 0.00000102. The van der Waals surface area contributed by atoms with E-state index in [1.54, 1.807) is 33.4 Å². The topological polar surface area (TPSA) is 0 Å². The zero-order chi connectivity index (χ0) is 18.9. The van der Waals surface area contributed by atoms with Crippen molar-refractivity contribution in [2.24, 2.45) is 0 Å². The Labute approximate surface area is 207 Å². The fourth-order valence-electron chi connectivity index (χ4n) is 5.89. The Morgan fingerprint density at radius 1 is 0.484 bits per heavy atom. The monoisotopic (exact) mass is 516 g/mol. The number of fused-ring (bicyclic) bond motifs is 6. The van der Waals surface area contributed by atoms with Gasteiger partial charge in [0.1, 0.15) is 0 Å². The van der Waals surface area contributed by atoms with Crippen LogP contribution in [0.25, 0.3) is 22.3 Å². The molecule has 2 unspecified atom stereocenters. The van der Waals surface area contributed by atoms with Crippen LogP contribution in [0.4, 0.5) is 0 Å². The summed E-state index contributed by atoms with van der Waals surface area (Å²) in [5, 5.41) is 0. The zero-order valence-corrected chi connectivity index (χ0v) is 20.9. The second kappa shape index (κ2) is 8.04. The van der Waals surface area contributed by atoms with Crippen LogP contribution in [-0.2, 0) is 36.1 Å². The summed E-state index contributed by atoms with van der Waals surface area (Å²) in [5.41, 5.74) is 15.8. The van der Waals surface area contributed by atoms with Crippen LogP contribution in [0.15, 0.2) is 84.9 Å². The van der Waals surface area contributed by atoms with Gasteiger partial charge in [-0.15, -0.1) is 0 Å². The van der Waals surface area contributed by atoms with E-state index in [9.17, 15) is 0 Å². The molecule has 3 aliphatic rings. The molecule has 4 aromatic carbocycles. The summed E-state index contributed by atoms with van der Waals surface area (Å²) in [4.78, 5) is 0. The molecule has 0 N–H and O–H groups in total. The molecule has 1 heterocycles. The van der Waals surface area contributed by atoms with Crippen LogP contribution in [0, 0.1) is 0 Å². The summed E-state index contributed by atoms with van der Waals surface area (Å²) in [7, 11) is 0. The van der Waals surface area contributed by atoms with Crippen molar-refractivity contribution >= 4 is 0 Å². The Hall–Kier alpha value is -1.66. The summed E-state index contributed by atoms with van der Waals surface area (Å²) in [5.74, 6) is 0. The average Bonchev–Trinajstić information content (AvgIpc) is 3.29.